The van der Waals surface area contributed by atoms with Crippen molar-refractivity contribution in [3.05, 3.63) is 24.0 Å². The van der Waals surface area contributed by atoms with Gasteiger partial charge in [0.15, 0.2) is 11.6 Å². The Hall–Kier alpha value is -1.62. The fourth-order valence-corrected chi connectivity index (χ4v) is 2.51. The van der Waals surface area contributed by atoms with Crippen molar-refractivity contribution in [3.8, 4) is 5.75 Å². The summed E-state index contributed by atoms with van der Waals surface area (Å²) in [6.45, 7) is 0. The summed E-state index contributed by atoms with van der Waals surface area (Å²) >= 11 is 0. The van der Waals surface area contributed by atoms with E-state index >= 15 is 0 Å². The Morgan fingerprint density at radius 2 is 2.32 bits per heavy atom. The highest BCUT2D eigenvalue weighted by atomic mass is 19.1. The van der Waals surface area contributed by atoms with Gasteiger partial charge in [-0.15, -0.1) is 0 Å². The number of hydrogen-bond acceptors (Lipinski definition) is 3. The lowest BCUT2D eigenvalue weighted by molar-refractivity contribution is -0.117. The van der Waals surface area contributed by atoms with Crippen molar-refractivity contribution in [1.82, 2.24) is 0 Å². The Bertz CT molecular complexity index is 465. The van der Waals surface area contributed by atoms with Gasteiger partial charge in [0, 0.05) is 24.2 Å². The molecule has 5 heteroatoms. The maximum absolute atomic E-state index is 13.5. The fourth-order valence-electron chi connectivity index (χ4n) is 2.51. The van der Waals surface area contributed by atoms with Crippen molar-refractivity contribution in [2.24, 2.45) is 11.7 Å². The number of anilines is 1. The molecule has 0 saturated heterocycles. The number of nitrogens with two attached hydrogens (primary N) is 1. The molecule has 0 unspecified atom stereocenters. The Kier molecular flexibility index (Phi) is 4.37. The number of benzene rings is 1. The Morgan fingerprint density at radius 1 is 1.53 bits per heavy atom. The van der Waals surface area contributed by atoms with E-state index in [1.54, 1.807) is 6.07 Å². The Balaban J connectivity index is 1.93. The normalized spacial score (nSPS) is 22.3. The van der Waals surface area contributed by atoms with E-state index in [1.165, 1.54) is 19.2 Å². The van der Waals surface area contributed by atoms with Crippen molar-refractivity contribution in [3.63, 3.8) is 0 Å². The molecule has 1 fully saturated rings. The van der Waals surface area contributed by atoms with E-state index in [2.05, 4.69) is 5.32 Å². The number of methoxy groups -OCH3 is 1. The second-order valence-electron chi connectivity index (χ2n) is 4.96. The zero-order valence-electron chi connectivity index (χ0n) is 11.0. The zero-order chi connectivity index (χ0) is 13.8. The first-order valence-electron chi connectivity index (χ1n) is 6.49. The van der Waals surface area contributed by atoms with Gasteiger partial charge >= 0.3 is 0 Å². The maximum Gasteiger partial charge on any atom is 0.224 e. The highest BCUT2D eigenvalue weighted by Gasteiger charge is 2.26. The molecular weight excluding hydrogens is 247 g/mol. The molecule has 1 aliphatic carbocycles. The lowest BCUT2D eigenvalue weighted by Crippen LogP contribution is -2.28. The molecule has 19 heavy (non-hydrogen) atoms. The molecule has 104 valence electrons. The topological polar surface area (TPSA) is 64.3 Å². The van der Waals surface area contributed by atoms with Gasteiger partial charge in [0.2, 0.25) is 5.91 Å². The molecule has 1 aromatic rings. The number of rotatable bonds is 4. The molecule has 0 bridgehead atoms. The van der Waals surface area contributed by atoms with Gasteiger partial charge in [-0.1, -0.05) is 6.42 Å². The minimum Gasteiger partial charge on any atom is -0.494 e. The number of halogens is 1. The first kappa shape index (κ1) is 13.8. The molecule has 4 nitrogen and oxygen atoms in total. The molecule has 0 spiro atoms. The van der Waals surface area contributed by atoms with Gasteiger partial charge in [-0.25, -0.2) is 4.39 Å². The summed E-state index contributed by atoms with van der Waals surface area (Å²) in [5.41, 5.74) is 6.37. The summed E-state index contributed by atoms with van der Waals surface area (Å²) in [6.07, 6.45) is 3.45. The third-order valence-corrected chi connectivity index (χ3v) is 3.60. The van der Waals surface area contributed by atoms with E-state index in [0.29, 0.717) is 12.1 Å². The van der Waals surface area contributed by atoms with Crippen LogP contribution in [0, 0.1) is 11.7 Å². The molecule has 0 radical (unpaired) electrons. The van der Waals surface area contributed by atoms with Crippen LogP contribution in [-0.4, -0.2) is 19.1 Å². The molecular formula is C14H19FN2O2. The predicted octanol–water partition coefficient (Wildman–Crippen LogP) is 2.29. The molecule has 0 aliphatic heterocycles. The molecule has 3 N–H and O–H groups in total. The van der Waals surface area contributed by atoms with Crippen LogP contribution in [0.1, 0.15) is 25.7 Å². The van der Waals surface area contributed by atoms with Crippen molar-refractivity contribution in [1.29, 1.82) is 0 Å². The molecule has 2 rings (SSSR count). The van der Waals surface area contributed by atoms with Crippen LogP contribution < -0.4 is 15.8 Å². The third kappa shape index (κ3) is 3.44. The van der Waals surface area contributed by atoms with Crippen LogP contribution in [0.15, 0.2) is 18.2 Å². The third-order valence-electron chi connectivity index (χ3n) is 3.60. The largest absolute Gasteiger partial charge is 0.494 e. The van der Waals surface area contributed by atoms with Gasteiger partial charge in [-0.3, -0.25) is 4.79 Å². The number of nitrogens with one attached hydrogen (secondary N) is 1. The smallest absolute Gasteiger partial charge is 0.224 e. The van der Waals surface area contributed by atoms with Gasteiger partial charge in [0.25, 0.3) is 0 Å². The van der Waals surface area contributed by atoms with Gasteiger partial charge in [0.05, 0.1) is 7.11 Å². The Labute approximate surface area is 112 Å². The van der Waals surface area contributed by atoms with Crippen molar-refractivity contribution < 1.29 is 13.9 Å². The Morgan fingerprint density at radius 3 is 2.89 bits per heavy atom. The van der Waals surface area contributed by atoms with E-state index in [9.17, 15) is 9.18 Å². The molecule has 1 amide bonds. The quantitative estimate of drug-likeness (QED) is 0.878. The minimum atomic E-state index is -0.488. The number of hydrogen-bond donors (Lipinski definition) is 2. The highest BCUT2D eigenvalue weighted by molar-refractivity contribution is 5.91. The van der Waals surface area contributed by atoms with Gasteiger partial charge in [-0.2, -0.15) is 0 Å². The molecule has 2 atom stereocenters. The summed E-state index contributed by atoms with van der Waals surface area (Å²) in [5, 5.41) is 2.69. The second kappa shape index (κ2) is 6.02. The van der Waals surface area contributed by atoms with Gasteiger partial charge in [-0.05, 0) is 30.9 Å². The van der Waals surface area contributed by atoms with Crippen molar-refractivity contribution in [2.75, 3.05) is 12.4 Å². The first-order chi connectivity index (χ1) is 9.10. The first-order valence-corrected chi connectivity index (χ1v) is 6.49. The van der Waals surface area contributed by atoms with E-state index in [4.69, 9.17) is 10.5 Å². The predicted molar refractivity (Wildman–Crippen MR) is 71.5 cm³/mol. The van der Waals surface area contributed by atoms with Crippen LogP contribution in [0.4, 0.5) is 10.1 Å². The summed E-state index contributed by atoms with van der Waals surface area (Å²) in [7, 11) is 1.40. The molecule has 0 aromatic heterocycles. The van der Waals surface area contributed by atoms with E-state index in [-0.39, 0.29) is 23.6 Å². The lowest BCUT2D eigenvalue weighted by atomic mass is 10.00. The van der Waals surface area contributed by atoms with Crippen LogP contribution in [0.25, 0.3) is 0 Å². The summed E-state index contributed by atoms with van der Waals surface area (Å²) < 4.78 is 18.3. The molecule has 0 heterocycles. The van der Waals surface area contributed by atoms with Crippen LogP contribution in [0.5, 0.6) is 5.75 Å². The molecule has 1 aliphatic rings. The average Bonchev–Trinajstić information content (AvgIpc) is 2.75. The van der Waals surface area contributed by atoms with E-state index in [0.717, 1.165) is 19.3 Å². The monoisotopic (exact) mass is 266 g/mol. The van der Waals surface area contributed by atoms with Gasteiger partial charge in [0.1, 0.15) is 0 Å². The number of carbonyl (C=O) groups excluding carboxylic acids is 1. The van der Waals surface area contributed by atoms with Crippen LogP contribution in [0.2, 0.25) is 0 Å². The van der Waals surface area contributed by atoms with Crippen LogP contribution >= 0.6 is 0 Å². The summed E-state index contributed by atoms with van der Waals surface area (Å²) in [5.74, 6) is -0.205. The van der Waals surface area contributed by atoms with Crippen molar-refractivity contribution >= 4 is 11.6 Å². The van der Waals surface area contributed by atoms with Crippen molar-refractivity contribution in [2.45, 2.75) is 31.7 Å². The lowest BCUT2D eigenvalue weighted by Gasteiger charge is -2.15. The van der Waals surface area contributed by atoms with E-state index < -0.39 is 5.82 Å². The molecule has 1 saturated carbocycles. The maximum atomic E-state index is 13.5. The number of amides is 1. The number of carbonyl (C=O) groups is 1. The summed E-state index contributed by atoms with van der Waals surface area (Å²) in [6, 6.07) is 4.48. The molecule has 1 aromatic carbocycles. The SMILES string of the molecule is COc1ccc(NC(=O)C[C@@H]2CCC[C@H]2N)cc1F. The van der Waals surface area contributed by atoms with Crippen LogP contribution in [0.3, 0.4) is 0 Å². The fraction of sp³-hybridized carbons (Fsp3) is 0.500. The van der Waals surface area contributed by atoms with Gasteiger partial charge < -0.3 is 15.8 Å². The minimum absolute atomic E-state index is 0.110. The zero-order valence-corrected chi connectivity index (χ0v) is 11.0. The highest BCUT2D eigenvalue weighted by Crippen LogP contribution is 2.27. The number of ether oxygens (including phenoxy) is 1. The summed E-state index contributed by atoms with van der Waals surface area (Å²) in [4.78, 5) is 11.9. The van der Waals surface area contributed by atoms with Crippen LogP contribution in [-0.2, 0) is 4.79 Å². The second-order valence-corrected chi connectivity index (χ2v) is 4.96. The average molecular weight is 266 g/mol. The van der Waals surface area contributed by atoms with E-state index in [1.807, 2.05) is 0 Å². The standard InChI is InChI=1S/C14H19FN2O2/c1-19-13-6-5-10(8-11(13)15)17-14(18)7-9-3-2-4-12(9)16/h5-6,8-9,12H,2-4,7,16H2,1H3,(H,17,18)/t9-,12+/m0/s1.